The van der Waals surface area contributed by atoms with Gasteiger partial charge in [-0.15, -0.1) is 4.68 Å². The molecular weight excluding hydrogens is 356 g/mol. The smallest absolute Gasteiger partial charge is 0.292 e. The summed E-state index contributed by atoms with van der Waals surface area (Å²) in [6.45, 7) is 4.08. The maximum atomic E-state index is 13.9. The Bertz CT molecular complexity index is 1020. The molecule has 3 rings (SSSR count). The summed E-state index contributed by atoms with van der Waals surface area (Å²) in [5.74, 6) is -1.97. The van der Waals surface area contributed by atoms with Gasteiger partial charge in [-0.3, -0.25) is 4.90 Å². The maximum absolute atomic E-state index is 13.9. The molecule has 1 aromatic heterocycles. The molecule has 0 saturated carbocycles. The number of rotatable bonds is 4. The summed E-state index contributed by atoms with van der Waals surface area (Å²) in [5, 5.41) is 6.99. The Balaban J connectivity index is 2.05. The Kier molecular flexibility index (Phi) is 5.11. The second kappa shape index (κ2) is 7.48. The van der Waals surface area contributed by atoms with Crippen LogP contribution < -0.4 is 10.6 Å². The van der Waals surface area contributed by atoms with E-state index in [0.29, 0.717) is 28.0 Å². The van der Waals surface area contributed by atoms with Gasteiger partial charge in [0.25, 0.3) is 0 Å². The number of nitrogens with zero attached hydrogens (tertiary/aromatic N) is 5. The zero-order chi connectivity index (χ0) is 19.6. The summed E-state index contributed by atoms with van der Waals surface area (Å²) in [7, 11) is 0. The molecule has 3 aromatic rings. The first-order chi connectivity index (χ1) is 12.9. The zero-order valence-corrected chi connectivity index (χ0v) is 14.8. The standard InChI is InChI=1S/C18H17F2N5O2/c1-3-10-23(13-7-4-6-12(2)11-13)17(26)25-18(27)24(21-22-25)16-14(19)8-5-9-15(16)20/h4-9,11H,3,10H2,1-2H3. The van der Waals surface area contributed by atoms with Crippen LogP contribution in [0.4, 0.5) is 19.3 Å². The molecule has 0 spiro atoms. The third-order valence-electron chi connectivity index (χ3n) is 3.90. The summed E-state index contributed by atoms with van der Waals surface area (Å²) < 4.78 is 28.8. The Hall–Kier alpha value is -3.36. The van der Waals surface area contributed by atoms with Crippen LogP contribution in [0.3, 0.4) is 0 Å². The molecule has 0 aliphatic heterocycles. The van der Waals surface area contributed by atoms with E-state index in [2.05, 4.69) is 10.4 Å². The molecule has 1 amide bonds. The fourth-order valence-corrected chi connectivity index (χ4v) is 2.67. The van der Waals surface area contributed by atoms with E-state index >= 15 is 0 Å². The third-order valence-corrected chi connectivity index (χ3v) is 3.90. The molecule has 140 valence electrons. The first-order valence-corrected chi connectivity index (χ1v) is 8.32. The monoisotopic (exact) mass is 373 g/mol. The van der Waals surface area contributed by atoms with E-state index in [1.807, 2.05) is 19.9 Å². The van der Waals surface area contributed by atoms with Gasteiger partial charge in [-0.05, 0) is 53.6 Å². The SMILES string of the molecule is CCCN(C(=O)n1nnn(-c2c(F)cccc2F)c1=O)c1cccc(C)c1. The lowest BCUT2D eigenvalue weighted by molar-refractivity contribution is 0.243. The van der Waals surface area contributed by atoms with Gasteiger partial charge < -0.3 is 0 Å². The van der Waals surface area contributed by atoms with Gasteiger partial charge in [0.05, 0.1) is 0 Å². The molecule has 9 heteroatoms. The van der Waals surface area contributed by atoms with E-state index in [-0.39, 0.29) is 0 Å². The highest BCUT2D eigenvalue weighted by atomic mass is 19.1. The number of halogens is 2. The van der Waals surface area contributed by atoms with Crippen molar-refractivity contribution in [3.05, 3.63) is 70.1 Å². The van der Waals surface area contributed by atoms with Crippen LogP contribution in [0.15, 0.2) is 47.3 Å². The number of carbonyl (C=O) groups is 1. The molecule has 0 aliphatic rings. The van der Waals surface area contributed by atoms with E-state index in [0.717, 1.165) is 23.8 Å². The first-order valence-electron chi connectivity index (χ1n) is 8.32. The fraction of sp³-hybridized carbons (Fsp3) is 0.222. The Morgan fingerprint density at radius 2 is 1.78 bits per heavy atom. The number of tetrazole rings is 1. The van der Waals surface area contributed by atoms with Crippen molar-refractivity contribution < 1.29 is 13.6 Å². The van der Waals surface area contributed by atoms with Gasteiger partial charge in [0.15, 0.2) is 11.6 Å². The minimum Gasteiger partial charge on any atom is -0.292 e. The summed E-state index contributed by atoms with van der Waals surface area (Å²) in [4.78, 5) is 26.8. The summed E-state index contributed by atoms with van der Waals surface area (Å²) in [5.41, 5.74) is -0.219. The van der Waals surface area contributed by atoms with Crippen molar-refractivity contribution >= 4 is 11.7 Å². The van der Waals surface area contributed by atoms with Crippen molar-refractivity contribution in [1.82, 2.24) is 19.8 Å². The van der Waals surface area contributed by atoms with Crippen LogP contribution in [-0.2, 0) is 0 Å². The van der Waals surface area contributed by atoms with Crippen molar-refractivity contribution in [3.63, 3.8) is 0 Å². The highest BCUT2D eigenvalue weighted by molar-refractivity contribution is 5.92. The molecule has 2 aromatic carbocycles. The summed E-state index contributed by atoms with van der Waals surface area (Å²) in [6.07, 6.45) is 0.629. The molecular formula is C18H17F2N5O2. The number of anilines is 1. The molecule has 0 radical (unpaired) electrons. The van der Waals surface area contributed by atoms with Crippen LogP contribution >= 0.6 is 0 Å². The largest absolute Gasteiger partial charge is 0.377 e. The highest BCUT2D eigenvalue weighted by Gasteiger charge is 2.24. The van der Waals surface area contributed by atoms with Crippen molar-refractivity contribution in [2.75, 3.05) is 11.4 Å². The quantitative estimate of drug-likeness (QED) is 0.659. The molecule has 0 bridgehead atoms. The fourth-order valence-electron chi connectivity index (χ4n) is 2.67. The average Bonchev–Trinajstić information content (AvgIpc) is 3.00. The lowest BCUT2D eigenvalue weighted by Crippen LogP contribution is -2.41. The van der Waals surface area contributed by atoms with E-state index in [1.54, 1.807) is 18.2 Å². The molecule has 7 nitrogen and oxygen atoms in total. The van der Waals surface area contributed by atoms with E-state index in [9.17, 15) is 18.4 Å². The van der Waals surface area contributed by atoms with Crippen LogP contribution in [0.25, 0.3) is 5.69 Å². The van der Waals surface area contributed by atoms with Crippen molar-refractivity contribution in [2.24, 2.45) is 0 Å². The molecule has 0 saturated heterocycles. The Labute approximate surface area is 153 Å². The van der Waals surface area contributed by atoms with Crippen molar-refractivity contribution in [2.45, 2.75) is 20.3 Å². The topological polar surface area (TPSA) is 73.0 Å². The number of aryl methyl sites for hydroxylation is 1. The molecule has 0 unspecified atom stereocenters. The minimum absolute atomic E-state index is 0.329. The van der Waals surface area contributed by atoms with Crippen LogP contribution in [0, 0.1) is 18.6 Å². The van der Waals surface area contributed by atoms with Gasteiger partial charge in [-0.2, -0.15) is 4.68 Å². The number of para-hydroxylation sites is 1. The van der Waals surface area contributed by atoms with Crippen LogP contribution in [0.1, 0.15) is 18.9 Å². The average molecular weight is 373 g/mol. The lowest BCUT2D eigenvalue weighted by Gasteiger charge is -2.21. The highest BCUT2D eigenvalue weighted by Crippen LogP contribution is 2.18. The second-order valence-electron chi connectivity index (χ2n) is 5.93. The van der Waals surface area contributed by atoms with Gasteiger partial charge in [-0.25, -0.2) is 18.4 Å². The predicted molar refractivity (Wildman–Crippen MR) is 95.1 cm³/mol. The number of amides is 1. The molecule has 1 heterocycles. The molecule has 27 heavy (non-hydrogen) atoms. The van der Waals surface area contributed by atoms with Crippen LogP contribution in [0.2, 0.25) is 0 Å². The molecule has 0 atom stereocenters. The van der Waals surface area contributed by atoms with Gasteiger partial charge in [0, 0.05) is 12.2 Å². The number of hydrogen-bond donors (Lipinski definition) is 0. The number of carbonyl (C=O) groups excluding carboxylic acids is 1. The number of hydrogen-bond acceptors (Lipinski definition) is 4. The van der Waals surface area contributed by atoms with Gasteiger partial charge >= 0.3 is 11.7 Å². The number of benzene rings is 2. The normalized spacial score (nSPS) is 10.8. The lowest BCUT2D eigenvalue weighted by atomic mass is 10.2. The first kappa shape index (κ1) is 18.4. The van der Waals surface area contributed by atoms with E-state index in [4.69, 9.17) is 0 Å². The van der Waals surface area contributed by atoms with Crippen LogP contribution in [0.5, 0.6) is 0 Å². The van der Waals surface area contributed by atoms with E-state index in [1.165, 1.54) is 4.90 Å². The summed E-state index contributed by atoms with van der Waals surface area (Å²) >= 11 is 0. The molecule has 0 N–H and O–H groups in total. The minimum atomic E-state index is -1.06. The third kappa shape index (κ3) is 3.48. The van der Waals surface area contributed by atoms with Gasteiger partial charge in [0.1, 0.15) is 5.69 Å². The molecule has 0 aliphatic carbocycles. The van der Waals surface area contributed by atoms with Crippen LogP contribution in [-0.4, -0.2) is 32.4 Å². The summed E-state index contributed by atoms with van der Waals surface area (Å²) in [6, 6.07) is 9.57. The Morgan fingerprint density at radius 3 is 2.41 bits per heavy atom. The van der Waals surface area contributed by atoms with Gasteiger partial charge in [0.2, 0.25) is 0 Å². The van der Waals surface area contributed by atoms with Crippen molar-refractivity contribution in [1.29, 1.82) is 0 Å². The van der Waals surface area contributed by atoms with Crippen molar-refractivity contribution in [3.8, 4) is 5.69 Å². The predicted octanol–water partition coefficient (Wildman–Crippen LogP) is 2.90. The maximum Gasteiger partial charge on any atom is 0.377 e. The van der Waals surface area contributed by atoms with E-state index < -0.39 is 29.0 Å². The Morgan fingerprint density at radius 1 is 1.11 bits per heavy atom. The molecule has 0 fully saturated rings. The number of aromatic nitrogens is 4. The second-order valence-corrected chi connectivity index (χ2v) is 5.93. The van der Waals surface area contributed by atoms with Gasteiger partial charge in [-0.1, -0.05) is 25.1 Å². The zero-order valence-electron chi connectivity index (χ0n) is 14.8.